The number of rotatable bonds is 2. The lowest BCUT2D eigenvalue weighted by molar-refractivity contribution is 1.02. The molecule has 0 saturated heterocycles. The van der Waals surface area contributed by atoms with Crippen LogP contribution in [0.25, 0.3) is 55.7 Å². The first kappa shape index (κ1) is 31.2. The standard InChI is InChI=1S/C56H34/c1-9-25-43-35(17-1)36-18-2-10-26-44(36)53(43)51(54-45-27-11-3-19-37(45)38-20-4-12-28-46(38)54)33-34-52(55-47-29-13-5-21-39(47)40-22-6-14-30-48(40)55)56-49-31-15-7-23-41(49)42-24-8-16-32-50(42)56/h1-32,53,55H. The highest BCUT2D eigenvalue weighted by atomic mass is 14.4. The highest BCUT2D eigenvalue weighted by Crippen LogP contribution is 2.56. The molecule has 0 amide bonds. The quantitative estimate of drug-likeness (QED) is 0.157. The van der Waals surface area contributed by atoms with Crippen LogP contribution in [0, 0.1) is 11.8 Å². The van der Waals surface area contributed by atoms with Crippen LogP contribution in [0.3, 0.4) is 0 Å². The summed E-state index contributed by atoms with van der Waals surface area (Å²) in [5.74, 6) is 8.18. The van der Waals surface area contributed by atoms with Crippen molar-refractivity contribution in [3.63, 3.8) is 0 Å². The summed E-state index contributed by atoms with van der Waals surface area (Å²) in [5, 5.41) is 0. The number of fused-ring (bicyclic) bond motifs is 12. The molecule has 0 atom stereocenters. The number of hydrogen-bond acceptors (Lipinski definition) is 0. The molecule has 258 valence electrons. The smallest absolute Gasteiger partial charge is 0.0438 e. The molecule has 0 heteroatoms. The van der Waals surface area contributed by atoms with Crippen molar-refractivity contribution >= 4 is 11.1 Å². The summed E-state index contributed by atoms with van der Waals surface area (Å²) < 4.78 is 0. The van der Waals surface area contributed by atoms with Crippen molar-refractivity contribution in [3.05, 3.63) is 250 Å². The molecule has 0 radical (unpaired) electrons. The monoisotopic (exact) mass is 706 g/mol. The predicted molar refractivity (Wildman–Crippen MR) is 231 cm³/mol. The second-order valence-electron chi connectivity index (χ2n) is 15.2. The maximum Gasteiger partial charge on any atom is 0.0438 e. The van der Waals surface area contributed by atoms with Gasteiger partial charge >= 0.3 is 0 Å². The second-order valence-corrected chi connectivity index (χ2v) is 15.2. The van der Waals surface area contributed by atoms with Crippen molar-refractivity contribution < 1.29 is 0 Å². The van der Waals surface area contributed by atoms with E-state index in [1.807, 2.05) is 0 Å². The Morgan fingerprint density at radius 2 is 0.429 bits per heavy atom. The minimum atomic E-state index is -0.0262. The van der Waals surface area contributed by atoms with E-state index in [4.69, 9.17) is 0 Å². The topological polar surface area (TPSA) is 0 Å². The van der Waals surface area contributed by atoms with Gasteiger partial charge in [-0.3, -0.25) is 0 Å². The molecule has 0 heterocycles. The molecule has 12 rings (SSSR count). The van der Waals surface area contributed by atoms with E-state index >= 15 is 0 Å². The van der Waals surface area contributed by atoms with E-state index in [1.165, 1.54) is 100 Å². The van der Waals surface area contributed by atoms with Crippen LogP contribution < -0.4 is 0 Å². The van der Waals surface area contributed by atoms with Crippen molar-refractivity contribution in [3.8, 4) is 56.3 Å². The third kappa shape index (κ3) is 4.37. The first-order valence-corrected chi connectivity index (χ1v) is 19.6. The van der Waals surface area contributed by atoms with Gasteiger partial charge in [0, 0.05) is 34.1 Å². The van der Waals surface area contributed by atoms with Crippen LogP contribution in [0.5, 0.6) is 0 Å². The van der Waals surface area contributed by atoms with E-state index in [1.54, 1.807) is 0 Å². The number of benzene rings is 8. The van der Waals surface area contributed by atoms with Gasteiger partial charge in [-0.25, -0.2) is 0 Å². The highest BCUT2D eigenvalue weighted by molar-refractivity contribution is 6.06. The van der Waals surface area contributed by atoms with E-state index in [-0.39, 0.29) is 11.8 Å². The molecule has 0 N–H and O–H groups in total. The second kappa shape index (κ2) is 12.2. The van der Waals surface area contributed by atoms with Crippen LogP contribution in [0.1, 0.15) is 56.3 Å². The summed E-state index contributed by atoms with van der Waals surface area (Å²) in [5.41, 5.74) is 25.3. The van der Waals surface area contributed by atoms with Gasteiger partial charge < -0.3 is 0 Å². The van der Waals surface area contributed by atoms with Crippen LogP contribution in [-0.4, -0.2) is 0 Å². The molecule has 0 spiro atoms. The zero-order chi connectivity index (χ0) is 36.7. The molecule has 0 unspecified atom stereocenters. The maximum atomic E-state index is 4.12. The summed E-state index contributed by atoms with van der Waals surface area (Å²) >= 11 is 0. The van der Waals surface area contributed by atoms with Crippen molar-refractivity contribution in [1.82, 2.24) is 0 Å². The Kier molecular flexibility index (Phi) is 6.77. The van der Waals surface area contributed by atoms with Gasteiger partial charge in [0.2, 0.25) is 0 Å². The van der Waals surface area contributed by atoms with Gasteiger partial charge in [0.25, 0.3) is 0 Å². The zero-order valence-corrected chi connectivity index (χ0v) is 30.6. The Morgan fingerprint density at radius 3 is 0.679 bits per heavy atom. The van der Waals surface area contributed by atoms with Gasteiger partial charge in [-0.05, 0) is 89.0 Å². The van der Waals surface area contributed by atoms with Crippen molar-refractivity contribution in [1.29, 1.82) is 0 Å². The number of hydrogen-bond donors (Lipinski definition) is 0. The minimum Gasteiger partial charge on any atom is -0.0647 e. The van der Waals surface area contributed by atoms with Gasteiger partial charge in [-0.2, -0.15) is 0 Å². The van der Waals surface area contributed by atoms with Crippen molar-refractivity contribution in [2.75, 3.05) is 0 Å². The molecule has 0 saturated carbocycles. The minimum absolute atomic E-state index is 0.0262. The highest BCUT2D eigenvalue weighted by Gasteiger charge is 2.38. The molecule has 0 aromatic heterocycles. The average Bonchev–Trinajstić information content (AvgIpc) is 3.99. The number of allylic oxidation sites excluding steroid dienone is 2. The summed E-state index contributed by atoms with van der Waals surface area (Å²) in [7, 11) is 0. The normalized spacial score (nSPS) is 13.7. The molecule has 8 aromatic rings. The van der Waals surface area contributed by atoms with Gasteiger partial charge in [0.05, 0.1) is 0 Å². The van der Waals surface area contributed by atoms with Gasteiger partial charge in [-0.1, -0.05) is 206 Å². The lowest BCUT2D eigenvalue weighted by atomic mass is 9.81. The van der Waals surface area contributed by atoms with E-state index in [0.29, 0.717) is 0 Å². The summed E-state index contributed by atoms with van der Waals surface area (Å²) in [6.07, 6.45) is 0. The first-order valence-electron chi connectivity index (χ1n) is 19.6. The zero-order valence-electron chi connectivity index (χ0n) is 30.6. The average molecular weight is 707 g/mol. The molecule has 8 aromatic carbocycles. The fraction of sp³-hybridized carbons (Fsp3) is 0.0357. The fourth-order valence-electron chi connectivity index (χ4n) is 10.2. The van der Waals surface area contributed by atoms with Crippen molar-refractivity contribution in [2.24, 2.45) is 0 Å². The third-order valence-electron chi connectivity index (χ3n) is 12.5. The van der Waals surface area contributed by atoms with Crippen LogP contribution in [-0.2, 0) is 0 Å². The molecule has 0 fully saturated rings. The lowest BCUT2D eigenvalue weighted by Crippen LogP contribution is -2.06. The Morgan fingerprint density at radius 1 is 0.232 bits per heavy atom. The first-order chi connectivity index (χ1) is 27.8. The Hall–Kier alpha value is -7.20. The molecular formula is C56H34. The van der Waals surface area contributed by atoms with Crippen molar-refractivity contribution in [2.45, 2.75) is 11.8 Å². The van der Waals surface area contributed by atoms with Gasteiger partial charge in [-0.15, -0.1) is 0 Å². The Balaban J connectivity index is 1.22. The van der Waals surface area contributed by atoms with Crippen LogP contribution in [0.2, 0.25) is 0 Å². The van der Waals surface area contributed by atoms with E-state index < -0.39 is 0 Å². The van der Waals surface area contributed by atoms with E-state index in [0.717, 1.165) is 11.1 Å². The Labute approximate surface area is 327 Å². The summed E-state index contributed by atoms with van der Waals surface area (Å²) in [4.78, 5) is 0. The van der Waals surface area contributed by atoms with Gasteiger partial charge in [0.15, 0.2) is 0 Å². The molecule has 0 aliphatic heterocycles. The molecule has 0 nitrogen and oxygen atoms in total. The van der Waals surface area contributed by atoms with Crippen LogP contribution in [0.4, 0.5) is 0 Å². The summed E-state index contributed by atoms with van der Waals surface area (Å²) in [6.45, 7) is 0. The SMILES string of the molecule is C(#CC(=C1c2ccccc2-c2ccccc21)C1c2ccccc2-c2ccccc21)C(=C1c2ccccc2-c2ccccc21)C1c2ccccc2-c2ccccc21. The van der Waals surface area contributed by atoms with E-state index in [2.05, 4.69) is 206 Å². The predicted octanol–water partition coefficient (Wildman–Crippen LogP) is 13.6. The van der Waals surface area contributed by atoms with Crippen LogP contribution >= 0.6 is 0 Å². The van der Waals surface area contributed by atoms with Gasteiger partial charge in [0.1, 0.15) is 0 Å². The third-order valence-corrected chi connectivity index (χ3v) is 12.5. The molecule has 4 aliphatic carbocycles. The largest absolute Gasteiger partial charge is 0.0647 e. The maximum absolute atomic E-state index is 4.12. The molecule has 56 heavy (non-hydrogen) atoms. The fourth-order valence-corrected chi connectivity index (χ4v) is 10.2. The molecule has 0 bridgehead atoms. The van der Waals surface area contributed by atoms with E-state index in [9.17, 15) is 0 Å². The molecular weight excluding hydrogens is 673 g/mol. The lowest BCUT2D eigenvalue weighted by Gasteiger charge is -2.20. The molecule has 4 aliphatic rings. The summed E-state index contributed by atoms with van der Waals surface area (Å²) in [6, 6.07) is 71.5. The van der Waals surface area contributed by atoms with Crippen LogP contribution in [0.15, 0.2) is 205 Å². The Bertz CT molecular complexity index is 2710.